The van der Waals surface area contributed by atoms with Crippen molar-refractivity contribution < 1.29 is 28.2 Å². The molecule has 0 aliphatic carbocycles. The van der Waals surface area contributed by atoms with Gasteiger partial charge in [0.05, 0.1) is 12.1 Å². The van der Waals surface area contributed by atoms with Crippen LogP contribution in [0.25, 0.3) is 0 Å². The van der Waals surface area contributed by atoms with Crippen molar-refractivity contribution in [2.45, 2.75) is 77.7 Å². The van der Waals surface area contributed by atoms with Crippen molar-refractivity contribution in [3.63, 3.8) is 0 Å². The number of piperidine rings is 1. The molecule has 1 saturated heterocycles. The van der Waals surface area contributed by atoms with Gasteiger partial charge in [0, 0.05) is 38.2 Å². The molecule has 2 aromatic rings. The molecule has 214 valence electrons. The number of likely N-dealkylation sites (tertiary alicyclic amines) is 1. The number of ether oxygens (including phenoxy) is 1. The highest BCUT2D eigenvalue weighted by Crippen LogP contribution is 2.21. The molecule has 1 heterocycles. The van der Waals surface area contributed by atoms with Crippen molar-refractivity contribution in [1.82, 2.24) is 15.5 Å². The van der Waals surface area contributed by atoms with Crippen LogP contribution in [0.15, 0.2) is 42.5 Å². The second-order valence-electron chi connectivity index (χ2n) is 11.2. The van der Waals surface area contributed by atoms with Crippen LogP contribution in [0, 0.1) is 17.6 Å². The molecule has 1 aliphatic heterocycles. The summed E-state index contributed by atoms with van der Waals surface area (Å²) >= 11 is 0. The van der Waals surface area contributed by atoms with Gasteiger partial charge in [-0.05, 0) is 75.3 Å². The van der Waals surface area contributed by atoms with E-state index in [4.69, 9.17) is 4.74 Å². The molecule has 0 spiro atoms. The predicted molar refractivity (Wildman–Crippen MR) is 146 cm³/mol. The Bertz CT molecular complexity index is 1090. The molecule has 0 saturated carbocycles. The van der Waals surface area contributed by atoms with Crippen LogP contribution in [-0.4, -0.2) is 59.4 Å². The van der Waals surface area contributed by atoms with Gasteiger partial charge in [0.1, 0.15) is 17.2 Å². The van der Waals surface area contributed by atoms with Gasteiger partial charge in [-0.15, -0.1) is 0 Å². The average Bonchev–Trinajstić information content (AvgIpc) is 2.87. The van der Waals surface area contributed by atoms with E-state index in [0.717, 1.165) is 18.1 Å². The van der Waals surface area contributed by atoms with Gasteiger partial charge in [0.2, 0.25) is 5.91 Å². The van der Waals surface area contributed by atoms with Crippen molar-refractivity contribution in [3.8, 4) is 0 Å². The number of aryl methyl sites for hydroxylation is 1. The first-order valence-corrected chi connectivity index (χ1v) is 13.6. The summed E-state index contributed by atoms with van der Waals surface area (Å²) in [6.45, 7) is 8.97. The molecule has 2 aromatic carbocycles. The summed E-state index contributed by atoms with van der Waals surface area (Å²) in [4.78, 5) is 27.1. The maximum atomic E-state index is 13.8. The minimum atomic E-state index is -1.00. The number of aliphatic hydroxyl groups excluding tert-OH is 1. The number of hydrogen-bond donors (Lipinski definition) is 3. The van der Waals surface area contributed by atoms with Crippen LogP contribution in [0.2, 0.25) is 0 Å². The number of carbonyl (C=O) groups is 2. The Kier molecular flexibility index (Phi) is 10.8. The molecular formula is C30H41F2N3O4. The maximum absolute atomic E-state index is 13.8. The molecule has 3 N–H and O–H groups in total. The Balaban J connectivity index is 1.62. The van der Waals surface area contributed by atoms with Crippen LogP contribution in [0.5, 0.6) is 0 Å². The molecule has 2 atom stereocenters. The topological polar surface area (TPSA) is 90.9 Å². The minimum absolute atomic E-state index is 0.0609. The van der Waals surface area contributed by atoms with E-state index in [-0.39, 0.29) is 24.8 Å². The van der Waals surface area contributed by atoms with E-state index < -0.39 is 35.5 Å². The Hall–Kier alpha value is -3.04. The van der Waals surface area contributed by atoms with Gasteiger partial charge >= 0.3 is 6.09 Å². The van der Waals surface area contributed by atoms with E-state index in [1.54, 1.807) is 25.7 Å². The normalized spacial score (nSPS) is 16.0. The lowest BCUT2D eigenvalue weighted by molar-refractivity contribution is -0.128. The smallest absolute Gasteiger partial charge is 0.410 e. The molecule has 1 aliphatic rings. The average molecular weight is 546 g/mol. The SMILES string of the molecule is CCc1cccc(CNC[C@@H](O)[C@H](Cc2cc(F)cc(F)c2)NC(=O)C2CCN(C(=O)OC(C)(C)C)CC2)c1. The second-order valence-corrected chi connectivity index (χ2v) is 11.2. The van der Waals surface area contributed by atoms with Gasteiger partial charge in [-0.25, -0.2) is 13.6 Å². The zero-order valence-electron chi connectivity index (χ0n) is 23.3. The molecule has 0 bridgehead atoms. The van der Waals surface area contributed by atoms with Gasteiger partial charge in [-0.3, -0.25) is 4.79 Å². The fourth-order valence-electron chi connectivity index (χ4n) is 4.68. The quantitative estimate of drug-likeness (QED) is 0.413. The van der Waals surface area contributed by atoms with Crippen molar-refractivity contribution in [3.05, 3.63) is 70.8 Å². The third-order valence-corrected chi connectivity index (χ3v) is 6.77. The molecule has 9 heteroatoms. The lowest BCUT2D eigenvalue weighted by Gasteiger charge is -2.34. The van der Waals surface area contributed by atoms with Crippen LogP contribution < -0.4 is 10.6 Å². The van der Waals surface area contributed by atoms with Crippen LogP contribution in [-0.2, 0) is 28.9 Å². The summed E-state index contributed by atoms with van der Waals surface area (Å²) < 4.78 is 33.1. The van der Waals surface area contributed by atoms with E-state index in [1.165, 1.54) is 17.7 Å². The van der Waals surface area contributed by atoms with Crippen LogP contribution in [0.1, 0.15) is 57.2 Å². The number of rotatable bonds is 10. The molecule has 3 rings (SSSR count). The number of amides is 2. The highest BCUT2D eigenvalue weighted by Gasteiger charge is 2.32. The van der Waals surface area contributed by atoms with E-state index >= 15 is 0 Å². The summed E-state index contributed by atoms with van der Waals surface area (Å²) in [6.07, 6.45) is 0.481. The van der Waals surface area contributed by atoms with Crippen LogP contribution >= 0.6 is 0 Å². The maximum Gasteiger partial charge on any atom is 0.410 e. The van der Waals surface area contributed by atoms with Crippen molar-refractivity contribution in [1.29, 1.82) is 0 Å². The Morgan fingerprint density at radius 2 is 1.69 bits per heavy atom. The number of nitrogens with one attached hydrogen (secondary N) is 2. The minimum Gasteiger partial charge on any atom is -0.444 e. The highest BCUT2D eigenvalue weighted by molar-refractivity contribution is 5.79. The first-order valence-electron chi connectivity index (χ1n) is 13.6. The van der Waals surface area contributed by atoms with Gasteiger partial charge in [-0.2, -0.15) is 0 Å². The Morgan fingerprint density at radius 3 is 2.31 bits per heavy atom. The zero-order valence-corrected chi connectivity index (χ0v) is 23.3. The largest absolute Gasteiger partial charge is 0.444 e. The summed E-state index contributed by atoms with van der Waals surface area (Å²) in [7, 11) is 0. The standard InChI is InChI=1S/C30H41F2N3O4/c1-5-20-7-6-8-21(13-20)18-33-19-27(36)26(16-22-14-24(31)17-25(32)15-22)34-28(37)23-9-11-35(12-10-23)29(38)39-30(2,3)4/h6-8,13-15,17,23,26-27,33,36H,5,9-12,16,18-19H2,1-4H3,(H,34,37)/t26-,27+/m0/s1. The third kappa shape index (κ3) is 9.89. The Morgan fingerprint density at radius 1 is 1.05 bits per heavy atom. The zero-order chi connectivity index (χ0) is 28.6. The van der Waals surface area contributed by atoms with E-state index in [1.807, 2.05) is 12.1 Å². The van der Waals surface area contributed by atoms with Crippen molar-refractivity contribution >= 4 is 12.0 Å². The van der Waals surface area contributed by atoms with Crippen LogP contribution in [0.3, 0.4) is 0 Å². The van der Waals surface area contributed by atoms with E-state index in [2.05, 4.69) is 29.7 Å². The van der Waals surface area contributed by atoms with Crippen molar-refractivity contribution in [2.24, 2.45) is 5.92 Å². The lowest BCUT2D eigenvalue weighted by Crippen LogP contribution is -2.52. The predicted octanol–water partition coefficient (Wildman–Crippen LogP) is 4.35. The van der Waals surface area contributed by atoms with Gasteiger partial charge in [0.25, 0.3) is 0 Å². The van der Waals surface area contributed by atoms with Crippen LogP contribution in [0.4, 0.5) is 13.6 Å². The summed E-state index contributed by atoms with van der Waals surface area (Å²) in [6, 6.07) is 10.6. The monoisotopic (exact) mass is 545 g/mol. The van der Waals surface area contributed by atoms with Gasteiger partial charge in [-0.1, -0.05) is 31.2 Å². The fraction of sp³-hybridized carbons (Fsp3) is 0.533. The van der Waals surface area contributed by atoms with Gasteiger partial charge < -0.3 is 25.4 Å². The first-order chi connectivity index (χ1) is 18.4. The molecular weight excluding hydrogens is 504 g/mol. The molecule has 7 nitrogen and oxygen atoms in total. The molecule has 1 fully saturated rings. The molecule has 0 unspecified atom stereocenters. The fourth-order valence-corrected chi connectivity index (χ4v) is 4.68. The molecule has 39 heavy (non-hydrogen) atoms. The number of carbonyl (C=O) groups excluding carboxylic acids is 2. The number of aliphatic hydroxyl groups is 1. The first kappa shape index (κ1) is 30.5. The second kappa shape index (κ2) is 13.8. The molecule has 0 aromatic heterocycles. The molecule has 2 amide bonds. The van der Waals surface area contributed by atoms with Gasteiger partial charge in [0.15, 0.2) is 0 Å². The number of hydrogen-bond acceptors (Lipinski definition) is 5. The highest BCUT2D eigenvalue weighted by atomic mass is 19.1. The third-order valence-electron chi connectivity index (χ3n) is 6.77. The van der Waals surface area contributed by atoms with E-state index in [0.29, 0.717) is 38.0 Å². The number of benzene rings is 2. The van der Waals surface area contributed by atoms with Crippen molar-refractivity contribution in [2.75, 3.05) is 19.6 Å². The summed E-state index contributed by atoms with van der Waals surface area (Å²) in [5.41, 5.74) is 2.03. The Labute approximate surface area is 229 Å². The lowest BCUT2D eigenvalue weighted by atomic mass is 9.94. The molecule has 0 radical (unpaired) electrons. The summed E-state index contributed by atoms with van der Waals surface area (Å²) in [5, 5.41) is 17.2. The number of halogens is 2. The summed E-state index contributed by atoms with van der Waals surface area (Å²) in [5.74, 6) is -2.04. The van der Waals surface area contributed by atoms with E-state index in [9.17, 15) is 23.5 Å². The number of nitrogens with zero attached hydrogens (tertiary/aromatic N) is 1.